The molecule has 2 rings (SSSR count). The van der Waals surface area contributed by atoms with Crippen LogP contribution in [0.3, 0.4) is 0 Å². The van der Waals surface area contributed by atoms with E-state index in [-0.39, 0.29) is 0 Å². The Balaban J connectivity index is 2.11. The Bertz CT molecular complexity index is 412. The van der Waals surface area contributed by atoms with Crippen LogP contribution < -0.4 is 4.74 Å². The van der Waals surface area contributed by atoms with E-state index < -0.39 is 43.4 Å². The van der Waals surface area contributed by atoms with Crippen LogP contribution in [0.25, 0.3) is 0 Å². The van der Waals surface area contributed by atoms with Crippen LogP contribution in [0.5, 0.6) is 5.75 Å². The van der Waals surface area contributed by atoms with E-state index in [2.05, 4.69) is 0 Å². The fourth-order valence-corrected chi connectivity index (χ4v) is 2.03. The van der Waals surface area contributed by atoms with Crippen LogP contribution in [0.4, 0.5) is 0 Å². The lowest BCUT2D eigenvalue weighted by Gasteiger charge is -2.41. The molecule has 20 heavy (non-hydrogen) atoms. The van der Waals surface area contributed by atoms with E-state index in [9.17, 15) is 20.4 Å². The second kappa shape index (κ2) is 6.49. The molecule has 1 aromatic carbocycles. The second-order valence-electron chi connectivity index (χ2n) is 4.62. The van der Waals surface area contributed by atoms with Gasteiger partial charge >= 0.3 is 0 Å². The van der Waals surface area contributed by atoms with Crippen molar-refractivity contribution >= 4 is 0 Å². The molecule has 1 heterocycles. The minimum Gasteiger partial charge on any atom is -0.462 e. The van der Waals surface area contributed by atoms with Gasteiger partial charge in [0.25, 0.3) is 0 Å². The fourth-order valence-electron chi connectivity index (χ4n) is 2.03. The highest BCUT2D eigenvalue weighted by Gasteiger charge is 2.47. The lowest BCUT2D eigenvalue weighted by molar-refractivity contribution is -0.290. The summed E-state index contributed by atoms with van der Waals surface area (Å²) in [5.74, 6) is 0.400. The summed E-state index contributed by atoms with van der Waals surface area (Å²) in [4.78, 5) is 0. The van der Waals surface area contributed by atoms with Crippen molar-refractivity contribution in [1.29, 1.82) is 0 Å². The molecular weight excluding hydrogens is 268 g/mol. The van der Waals surface area contributed by atoms with Crippen molar-refractivity contribution in [2.45, 2.75) is 36.8 Å². The number of ether oxygens (including phenoxy) is 2. The zero-order valence-corrected chi connectivity index (χ0v) is 10.6. The number of rotatable bonds is 4. The van der Waals surface area contributed by atoms with E-state index in [1.165, 1.54) is 0 Å². The van der Waals surface area contributed by atoms with Gasteiger partial charge in [-0.15, -0.1) is 0 Å². The largest absolute Gasteiger partial charge is 0.462 e. The first-order valence-electron chi connectivity index (χ1n) is 6.25. The molecule has 6 unspecified atom stereocenters. The highest BCUT2D eigenvalue weighted by molar-refractivity contribution is 5.21. The maximum Gasteiger partial charge on any atom is 0.229 e. The zero-order chi connectivity index (χ0) is 14.7. The number of aliphatic hydroxyl groups is 5. The molecule has 0 radical (unpaired) electrons. The van der Waals surface area contributed by atoms with Gasteiger partial charge in [0, 0.05) is 0 Å². The molecule has 7 heteroatoms. The average Bonchev–Trinajstić information content (AvgIpc) is 2.48. The topological polar surface area (TPSA) is 120 Å². The van der Waals surface area contributed by atoms with Gasteiger partial charge in [0.2, 0.25) is 6.29 Å². The number of para-hydroxylation sites is 1. The summed E-state index contributed by atoms with van der Waals surface area (Å²) in [6.07, 6.45) is -8.47. The Morgan fingerprint density at radius 2 is 1.70 bits per heavy atom. The third-order valence-electron chi connectivity index (χ3n) is 3.17. The second-order valence-corrected chi connectivity index (χ2v) is 4.62. The summed E-state index contributed by atoms with van der Waals surface area (Å²) in [5, 5.41) is 47.8. The zero-order valence-electron chi connectivity index (χ0n) is 10.6. The Morgan fingerprint density at radius 3 is 2.30 bits per heavy atom. The molecule has 1 saturated heterocycles. The molecule has 1 aliphatic rings. The first kappa shape index (κ1) is 15.2. The van der Waals surface area contributed by atoms with Crippen molar-refractivity contribution in [3.63, 3.8) is 0 Å². The van der Waals surface area contributed by atoms with E-state index in [0.717, 1.165) is 0 Å². The minimum absolute atomic E-state index is 0.400. The molecule has 112 valence electrons. The number of aliphatic hydroxyl groups excluding tert-OH is 5. The van der Waals surface area contributed by atoms with Crippen LogP contribution in [-0.4, -0.2) is 68.9 Å². The molecule has 6 atom stereocenters. The van der Waals surface area contributed by atoms with E-state index in [1.807, 2.05) is 0 Å². The molecule has 0 aromatic heterocycles. The molecule has 1 fully saturated rings. The molecule has 7 nitrogen and oxygen atoms in total. The van der Waals surface area contributed by atoms with E-state index in [1.54, 1.807) is 30.3 Å². The summed E-state index contributed by atoms with van der Waals surface area (Å²) < 4.78 is 10.6. The van der Waals surface area contributed by atoms with Crippen molar-refractivity contribution in [3.05, 3.63) is 30.3 Å². The van der Waals surface area contributed by atoms with Crippen LogP contribution in [0.15, 0.2) is 30.3 Å². The van der Waals surface area contributed by atoms with Crippen LogP contribution in [-0.2, 0) is 4.74 Å². The third kappa shape index (κ3) is 3.09. The predicted octanol–water partition coefficient (Wildman–Crippen LogP) is -1.77. The van der Waals surface area contributed by atoms with E-state index in [0.29, 0.717) is 5.75 Å². The van der Waals surface area contributed by atoms with Crippen LogP contribution >= 0.6 is 0 Å². The maximum absolute atomic E-state index is 9.84. The minimum atomic E-state index is -1.55. The monoisotopic (exact) mass is 286 g/mol. The Hall–Kier alpha value is -1.22. The summed E-state index contributed by atoms with van der Waals surface area (Å²) in [7, 11) is 0. The molecule has 0 spiro atoms. The SMILES string of the molecule is OCC(O)C1OC(Oc2ccccc2)C(O)C(O)C1O. The molecular formula is C13H18O7. The molecule has 1 aromatic rings. The van der Waals surface area contributed by atoms with Gasteiger partial charge in [-0.2, -0.15) is 0 Å². The molecule has 0 saturated carbocycles. The lowest BCUT2D eigenvalue weighted by Crippen LogP contribution is -2.62. The molecule has 0 bridgehead atoms. The van der Waals surface area contributed by atoms with Crippen molar-refractivity contribution in [3.8, 4) is 5.75 Å². The number of hydrogen-bond acceptors (Lipinski definition) is 7. The van der Waals surface area contributed by atoms with E-state index in [4.69, 9.17) is 14.6 Å². The third-order valence-corrected chi connectivity index (χ3v) is 3.17. The smallest absolute Gasteiger partial charge is 0.229 e. The van der Waals surface area contributed by atoms with Gasteiger partial charge in [0.1, 0.15) is 36.3 Å². The van der Waals surface area contributed by atoms with Gasteiger partial charge in [-0.3, -0.25) is 0 Å². The number of benzene rings is 1. The molecule has 0 aliphatic carbocycles. The highest BCUT2D eigenvalue weighted by Crippen LogP contribution is 2.25. The highest BCUT2D eigenvalue weighted by atomic mass is 16.7. The van der Waals surface area contributed by atoms with Gasteiger partial charge < -0.3 is 35.0 Å². The van der Waals surface area contributed by atoms with Gasteiger partial charge in [0.15, 0.2) is 0 Å². The summed E-state index contributed by atoms with van der Waals surface area (Å²) in [5.41, 5.74) is 0. The first-order chi connectivity index (χ1) is 9.54. The van der Waals surface area contributed by atoms with E-state index >= 15 is 0 Å². The standard InChI is InChI=1S/C13H18O7/c14-6-8(15)12-10(17)9(16)11(18)13(20-12)19-7-4-2-1-3-5-7/h1-5,8-18H,6H2. The average molecular weight is 286 g/mol. The molecule has 1 aliphatic heterocycles. The van der Waals surface area contributed by atoms with Gasteiger partial charge in [-0.05, 0) is 12.1 Å². The van der Waals surface area contributed by atoms with Crippen molar-refractivity contribution < 1.29 is 35.0 Å². The Labute approximate surface area is 115 Å². The summed E-state index contributed by atoms with van der Waals surface area (Å²) in [6.45, 7) is -0.650. The lowest BCUT2D eigenvalue weighted by atomic mass is 9.95. The van der Waals surface area contributed by atoms with Crippen LogP contribution in [0.1, 0.15) is 0 Å². The van der Waals surface area contributed by atoms with Gasteiger partial charge in [-0.1, -0.05) is 18.2 Å². The molecule has 0 amide bonds. The van der Waals surface area contributed by atoms with Crippen LogP contribution in [0.2, 0.25) is 0 Å². The normalized spacial score (nSPS) is 35.5. The van der Waals surface area contributed by atoms with Crippen molar-refractivity contribution in [2.24, 2.45) is 0 Å². The summed E-state index contributed by atoms with van der Waals surface area (Å²) in [6, 6.07) is 8.48. The van der Waals surface area contributed by atoms with Crippen molar-refractivity contribution in [1.82, 2.24) is 0 Å². The van der Waals surface area contributed by atoms with Crippen molar-refractivity contribution in [2.75, 3.05) is 6.61 Å². The maximum atomic E-state index is 9.84. The van der Waals surface area contributed by atoms with Gasteiger partial charge in [0.05, 0.1) is 6.61 Å². The fraction of sp³-hybridized carbons (Fsp3) is 0.538. The number of hydrogen-bond donors (Lipinski definition) is 5. The molecule has 5 N–H and O–H groups in total. The van der Waals surface area contributed by atoms with Gasteiger partial charge in [-0.25, -0.2) is 0 Å². The predicted molar refractivity (Wildman–Crippen MR) is 66.8 cm³/mol. The Morgan fingerprint density at radius 1 is 1.05 bits per heavy atom. The first-order valence-corrected chi connectivity index (χ1v) is 6.25. The summed E-state index contributed by atoms with van der Waals surface area (Å²) >= 11 is 0. The quantitative estimate of drug-likeness (QED) is 0.444. The Kier molecular flexibility index (Phi) is 4.92. The van der Waals surface area contributed by atoms with Crippen LogP contribution in [0, 0.1) is 0 Å².